The summed E-state index contributed by atoms with van der Waals surface area (Å²) in [5.41, 5.74) is 7.25. The maximum absolute atomic E-state index is 5.88. The monoisotopic (exact) mass is 252 g/mol. The molecule has 0 heterocycles. The van der Waals surface area contributed by atoms with E-state index in [9.17, 15) is 0 Å². The van der Waals surface area contributed by atoms with Gasteiger partial charge in [-0.3, -0.25) is 0 Å². The van der Waals surface area contributed by atoms with Crippen LogP contribution >= 0.6 is 11.8 Å². The van der Waals surface area contributed by atoms with E-state index >= 15 is 0 Å². The van der Waals surface area contributed by atoms with Crippen molar-refractivity contribution in [1.82, 2.24) is 4.90 Å². The van der Waals surface area contributed by atoms with Crippen molar-refractivity contribution in [3.8, 4) is 0 Å². The van der Waals surface area contributed by atoms with E-state index in [-0.39, 0.29) is 0 Å². The molecule has 0 aliphatic carbocycles. The second kappa shape index (κ2) is 8.56. The average molecular weight is 252 g/mol. The van der Waals surface area contributed by atoms with Gasteiger partial charge in [-0.15, -0.1) is 0 Å². The predicted molar refractivity (Wildman–Crippen MR) is 78.6 cm³/mol. The molecule has 0 saturated carbocycles. The van der Waals surface area contributed by atoms with Gasteiger partial charge in [-0.05, 0) is 44.0 Å². The largest absolute Gasteiger partial charge is 0.329 e. The molecule has 2 nitrogen and oxygen atoms in total. The maximum atomic E-state index is 5.88. The quantitative estimate of drug-likeness (QED) is 0.720. The van der Waals surface area contributed by atoms with Gasteiger partial charge in [-0.25, -0.2) is 0 Å². The van der Waals surface area contributed by atoms with E-state index in [2.05, 4.69) is 48.5 Å². The second-order valence-electron chi connectivity index (χ2n) is 4.41. The summed E-state index contributed by atoms with van der Waals surface area (Å²) in [6, 6.07) is 11.1. The number of benzene rings is 1. The van der Waals surface area contributed by atoms with Gasteiger partial charge in [0, 0.05) is 12.6 Å². The number of thioether (sulfide) groups is 1. The Kier molecular flexibility index (Phi) is 7.33. The molecule has 0 fully saturated rings. The predicted octanol–water partition coefficient (Wildman–Crippen LogP) is 2.24. The summed E-state index contributed by atoms with van der Waals surface area (Å²) < 4.78 is 0. The minimum absolute atomic E-state index is 0.458. The summed E-state index contributed by atoms with van der Waals surface area (Å²) >= 11 is 1.91. The molecule has 0 aliphatic heterocycles. The SMILES string of the molecule is CSCCCN(C)C(CN)Cc1ccccc1. The normalized spacial score (nSPS) is 12.9. The van der Waals surface area contributed by atoms with Crippen LogP contribution in [0.3, 0.4) is 0 Å². The minimum Gasteiger partial charge on any atom is -0.329 e. The average Bonchev–Trinajstić information content (AvgIpc) is 2.37. The number of nitrogens with zero attached hydrogens (tertiary/aromatic N) is 1. The van der Waals surface area contributed by atoms with Crippen molar-refractivity contribution in [1.29, 1.82) is 0 Å². The highest BCUT2D eigenvalue weighted by molar-refractivity contribution is 7.98. The van der Waals surface area contributed by atoms with E-state index in [0.717, 1.165) is 19.5 Å². The molecule has 2 N–H and O–H groups in total. The molecule has 1 atom stereocenters. The molecule has 3 heteroatoms. The van der Waals surface area contributed by atoms with Gasteiger partial charge in [0.05, 0.1) is 0 Å². The van der Waals surface area contributed by atoms with Gasteiger partial charge in [0.1, 0.15) is 0 Å². The van der Waals surface area contributed by atoms with Crippen LogP contribution in [-0.4, -0.2) is 43.1 Å². The van der Waals surface area contributed by atoms with E-state index in [1.165, 1.54) is 17.7 Å². The molecule has 1 unspecified atom stereocenters. The summed E-state index contributed by atoms with van der Waals surface area (Å²) in [5.74, 6) is 1.23. The Morgan fingerprint density at radius 1 is 1.29 bits per heavy atom. The van der Waals surface area contributed by atoms with Gasteiger partial charge in [0.25, 0.3) is 0 Å². The zero-order valence-electron chi connectivity index (χ0n) is 10.9. The topological polar surface area (TPSA) is 29.3 Å². The number of likely N-dealkylation sites (N-methyl/N-ethyl adjacent to an activating group) is 1. The fraction of sp³-hybridized carbons (Fsp3) is 0.571. The molecule has 0 aromatic heterocycles. The molecule has 0 saturated heterocycles. The Bertz CT molecular complexity index is 290. The van der Waals surface area contributed by atoms with Crippen molar-refractivity contribution >= 4 is 11.8 Å². The lowest BCUT2D eigenvalue weighted by Crippen LogP contribution is -2.40. The van der Waals surface area contributed by atoms with Crippen LogP contribution in [0.1, 0.15) is 12.0 Å². The lowest BCUT2D eigenvalue weighted by atomic mass is 10.0. The fourth-order valence-electron chi connectivity index (χ4n) is 1.95. The van der Waals surface area contributed by atoms with E-state index < -0.39 is 0 Å². The first-order valence-corrected chi connectivity index (χ1v) is 7.60. The third kappa shape index (κ3) is 5.57. The van der Waals surface area contributed by atoms with E-state index in [0.29, 0.717) is 6.04 Å². The second-order valence-corrected chi connectivity index (χ2v) is 5.39. The molecule has 1 aromatic rings. The molecule has 17 heavy (non-hydrogen) atoms. The number of rotatable bonds is 8. The van der Waals surface area contributed by atoms with Crippen LogP contribution in [0.2, 0.25) is 0 Å². The van der Waals surface area contributed by atoms with Crippen molar-refractivity contribution in [2.24, 2.45) is 5.73 Å². The van der Waals surface area contributed by atoms with Gasteiger partial charge in [0.15, 0.2) is 0 Å². The van der Waals surface area contributed by atoms with Crippen LogP contribution in [0.25, 0.3) is 0 Å². The summed E-state index contributed by atoms with van der Waals surface area (Å²) in [4.78, 5) is 2.39. The van der Waals surface area contributed by atoms with Crippen LogP contribution < -0.4 is 5.73 Å². The minimum atomic E-state index is 0.458. The Morgan fingerprint density at radius 3 is 2.59 bits per heavy atom. The number of hydrogen-bond donors (Lipinski definition) is 1. The highest BCUT2D eigenvalue weighted by Gasteiger charge is 2.12. The van der Waals surface area contributed by atoms with Crippen LogP contribution in [0, 0.1) is 0 Å². The van der Waals surface area contributed by atoms with Gasteiger partial charge < -0.3 is 10.6 Å². The van der Waals surface area contributed by atoms with Crippen molar-refractivity contribution in [2.75, 3.05) is 32.1 Å². The Hall–Kier alpha value is -0.510. The zero-order valence-corrected chi connectivity index (χ0v) is 11.7. The van der Waals surface area contributed by atoms with E-state index in [1.807, 2.05) is 11.8 Å². The molecular weight excluding hydrogens is 228 g/mol. The van der Waals surface area contributed by atoms with Crippen LogP contribution in [-0.2, 0) is 6.42 Å². The highest BCUT2D eigenvalue weighted by atomic mass is 32.2. The molecule has 0 spiro atoms. The van der Waals surface area contributed by atoms with Gasteiger partial charge in [-0.1, -0.05) is 30.3 Å². The van der Waals surface area contributed by atoms with Crippen LogP contribution in [0.15, 0.2) is 30.3 Å². The lowest BCUT2D eigenvalue weighted by molar-refractivity contribution is 0.246. The maximum Gasteiger partial charge on any atom is 0.0255 e. The summed E-state index contributed by atoms with van der Waals surface area (Å²) in [6.07, 6.45) is 4.44. The van der Waals surface area contributed by atoms with Gasteiger partial charge in [0.2, 0.25) is 0 Å². The first kappa shape index (κ1) is 14.6. The third-order valence-electron chi connectivity index (χ3n) is 3.07. The Labute approximate surface area is 110 Å². The summed E-state index contributed by atoms with van der Waals surface area (Å²) in [6.45, 7) is 1.86. The molecule has 1 rings (SSSR count). The number of nitrogens with two attached hydrogens (primary N) is 1. The summed E-state index contributed by atoms with van der Waals surface area (Å²) in [5, 5.41) is 0. The van der Waals surface area contributed by atoms with Crippen molar-refractivity contribution in [3.63, 3.8) is 0 Å². The molecule has 1 aromatic carbocycles. The lowest BCUT2D eigenvalue weighted by Gasteiger charge is -2.27. The molecule has 0 aliphatic rings. The first-order valence-electron chi connectivity index (χ1n) is 6.21. The van der Waals surface area contributed by atoms with E-state index in [4.69, 9.17) is 5.73 Å². The third-order valence-corrected chi connectivity index (χ3v) is 3.77. The van der Waals surface area contributed by atoms with Crippen LogP contribution in [0.5, 0.6) is 0 Å². The molecule has 0 amide bonds. The highest BCUT2D eigenvalue weighted by Crippen LogP contribution is 2.08. The molecular formula is C14H24N2S. The molecule has 96 valence electrons. The molecule has 0 bridgehead atoms. The zero-order chi connectivity index (χ0) is 12.5. The number of hydrogen-bond acceptors (Lipinski definition) is 3. The Balaban J connectivity index is 2.42. The Morgan fingerprint density at radius 2 is 2.00 bits per heavy atom. The van der Waals surface area contributed by atoms with Crippen molar-refractivity contribution in [3.05, 3.63) is 35.9 Å². The smallest absolute Gasteiger partial charge is 0.0255 e. The van der Waals surface area contributed by atoms with Crippen molar-refractivity contribution in [2.45, 2.75) is 18.9 Å². The van der Waals surface area contributed by atoms with E-state index in [1.54, 1.807) is 0 Å². The first-order chi connectivity index (χ1) is 8.27. The van der Waals surface area contributed by atoms with Gasteiger partial charge >= 0.3 is 0 Å². The summed E-state index contributed by atoms with van der Waals surface area (Å²) in [7, 11) is 2.18. The van der Waals surface area contributed by atoms with Crippen LogP contribution in [0.4, 0.5) is 0 Å². The standard InChI is InChI=1S/C14H24N2S/c1-16(9-6-10-17-2)14(12-15)11-13-7-4-3-5-8-13/h3-5,7-8,14H,6,9-12,15H2,1-2H3. The van der Waals surface area contributed by atoms with Gasteiger partial charge in [-0.2, -0.15) is 11.8 Å². The van der Waals surface area contributed by atoms with Crippen molar-refractivity contribution < 1.29 is 0 Å². The fourth-order valence-corrected chi connectivity index (χ4v) is 2.36. The molecule has 0 radical (unpaired) electrons.